The topological polar surface area (TPSA) is 49.3 Å². The maximum atomic E-state index is 11.1. The molecule has 2 unspecified atom stereocenters. The van der Waals surface area contributed by atoms with Gasteiger partial charge >= 0.3 is 5.97 Å². The lowest BCUT2D eigenvalue weighted by atomic mass is 9.83. The zero-order chi connectivity index (χ0) is 11.6. The summed E-state index contributed by atoms with van der Waals surface area (Å²) in [7, 11) is 0. The van der Waals surface area contributed by atoms with E-state index in [-0.39, 0.29) is 10.9 Å². The molecule has 1 heterocycles. The van der Waals surface area contributed by atoms with Crippen molar-refractivity contribution < 1.29 is 9.90 Å². The van der Waals surface area contributed by atoms with E-state index in [1.165, 1.54) is 32.1 Å². The second-order valence-electron chi connectivity index (χ2n) is 5.11. The Morgan fingerprint density at radius 1 is 1.31 bits per heavy atom. The second kappa shape index (κ2) is 4.96. The fourth-order valence-corrected chi connectivity index (χ4v) is 4.40. The van der Waals surface area contributed by atoms with E-state index in [1.54, 1.807) is 0 Å². The van der Waals surface area contributed by atoms with Crippen molar-refractivity contribution in [2.45, 2.75) is 56.4 Å². The molecule has 2 atom stereocenters. The number of carbonyl (C=O) groups is 1. The zero-order valence-corrected chi connectivity index (χ0v) is 10.7. The second-order valence-corrected chi connectivity index (χ2v) is 6.66. The highest BCUT2D eigenvalue weighted by atomic mass is 32.2. The van der Waals surface area contributed by atoms with E-state index >= 15 is 0 Å². The van der Waals surface area contributed by atoms with Gasteiger partial charge in [0.2, 0.25) is 0 Å². The highest BCUT2D eigenvalue weighted by molar-refractivity contribution is 8.00. The van der Waals surface area contributed by atoms with Crippen molar-refractivity contribution in [3.8, 4) is 0 Å². The van der Waals surface area contributed by atoms with E-state index in [1.807, 2.05) is 11.8 Å². The molecule has 16 heavy (non-hydrogen) atoms. The molecule has 1 saturated carbocycles. The maximum Gasteiger partial charge on any atom is 0.320 e. The third-order valence-electron chi connectivity index (χ3n) is 3.95. The van der Waals surface area contributed by atoms with Crippen LogP contribution in [0.4, 0.5) is 0 Å². The van der Waals surface area contributed by atoms with Crippen LogP contribution in [0.2, 0.25) is 0 Å². The summed E-state index contributed by atoms with van der Waals surface area (Å²) in [5, 5.41) is 12.5. The van der Waals surface area contributed by atoms with Crippen LogP contribution in [0.3, 0.4) is 0 Å². The first kappa shape index (κ1) is 12.2. The van der Waals surface area contributed by atoms with Gasteiger partial charge in [0.1, 0.15) is 6.04 Å². The summed E-state index contributed by atoms with van der Waals surface area (Å²) in [6.45, 7) is 2.20. The number of carboxylic acids is 1. The first-order chi connectivity index (χ1) is 7.62. The van der Waals surface area contributed by atoms with Crippen LogP contribution >= 0.6 is 11.8 Å². The number of hydrogen-bond acceptors (Lipinski definition) is 3. The number of hydrogen-bond donors (Lipinski definition) is 2. The fourth-order valence-electron chi connectivity index (χ4n) is 2.92. The highest BCUT2D eigenvalue weighted by Gasteiger charge is 2.41. The van der Waals surface area contributed by atoms with E-state index in [9.17, 15) is 4.79 Å². The van der Waals surface area contributed by atoms with E-state index in [4.69, 9.17) is 5.11 Å². The SMILES string of the molecule is CC1(C2CCCCC2)NC(C(=O)O)CCS1. The standard InChI is InChI=1S/C12H21NO2S/c1-12(9-5-3-2-4-6-9)13-10(11(14)15)7-8-16-12/h9-10,13H,2-8H2,1H3,(H,14,15). The molecule has 0 aromatic carbocycles. The zero-order valence-electron chi connectivity index (χ0n) is 9.87. The molecule has 0 bridgehead atoms. The summed E-state index contributed by atoms with van der Waals surface area (Å²) in [4.78, 5) is 11.0. The lowest BCUT2D eigenvalue weighted by molar-refractivity contribution is -0.140. The van der Waals surface area contributed by atoms with Gasteiger partial charge in [0.15, 0.2) is 0 Å². The summed E-state index contributed by atoms with van der Waals surface area (Å²) in [6.07, 6.45) is 7.22. The molecular formula is C12H21NO2S. The minimum Gasteiger partial charge on any atom is -0.480 e. The van der Waals surface area contributed by atoms with Gasteiger partial charge in [0.25, 0.3) is 0 Å². The minimum atomic E-state index is -0.692. The third-order valence-corrected chi connectivity index (χ3v) is 5.44. The smallest absolute Gasteiger partial charge is 0.320 e. The average molecular weight is 243 g/mol. The number of thioether (sulfide) groups is 1. The van der Waals surface area contributed by atoms with Crippen molar-refractivity contribution in [3.05, 3.63) is 0 Å². The average Bonchev–Trinajstić information content (AvgIpc) is 2.30. The summed E-state index contributed by atoms with van der Waals surface area (Å²) in [6, 6.07) is -0.340. The van der Waals surface area contributed by atoms with Crippen LogP contribution in [0, 0.1) is 5.92 Å². The van der Waals surface area contributed by atoms with Crippen LogP contribution in [-0.4, -0.2) is 27.7 Å². The lowest BCUT2D eigenvalue weighted by Gasteiger charge is -2.44. The van der Waals surface area contributed by atoms with Gasteiger partial charge in [0, 0.05) is 0 Å². The van der Waals surface area contributed by atoms with Crippen LogP contribution in [-0.2, 0) is 4.79 Å². The molecule has 2 fully saturated rings. The number of aliphatic carboxylic acids is 1. The van der Waals surface area contributed by atoms with Crippen LogP contribution in [0.1, 0.15) is 45.4 Å². The molecule has 2 rings (SSSR count). The predicted molar refractivity (Wildman–Crippen MR) is 66.6 cm³/mol. The van der Waals surface area contributed by atoms with E-state index in [0.29, 0.717) is 5.92 Å². The number of rotatable bonds is 2. The van der Waals surface area contributed by atoms with Gasteiger partial charge in [-0.05, 0) is 37.9 Å². The number of nitrogens with one attached hydrogen (secondary N) is 1. The molecule has 1 saturated heterocycles. The molecule has 0 spiro atoms. The van der Waals surface area contributed by atoms with Crippen molar-refractivity contribution in [2.75, 3.05) is 5.75 Å². The predicted octanol–water partition coefficient (Wildman–Crippen LogP) is 2.46. The normalized spacial score (nSPS) is 37.2. The first-order valence-electron chi connectivity index (χ1n) is 6.26. The van der Waals surface area contributed by atoms with Gasteiger partial charge in [0.05, 0.1) is 4.87 Å². The van der Waals surface area contributed by atoms with Gasteiger partial charge in [-0.15, -0.1) is 11.8 Å². The Kier molecular flexibility index (Phi) is 3.80. The Morgan fingerprint density at radius 3 is 2.62 bits per heavy atom. The van der Waals surface area contributed by atoms with Gasteiger partial charge in [-0.2, -0.15) is 0 Å². The monoisotopic (exact) mass is 243 g/mol. The molecule has 1 aliphatic heterocycles. The van der Waals surface area contributed by atoms with Gasteiger partial charge in [-0.3, -0.25) is 10.1 Å². The Labute approximate surface area is 101 Å². The molecular weight excluding hydrogens is 222 g/mol. The third kappa shape index (κ3) is 2.54. The first-order valence-corrected chi connectivity index (χ1v) is 7.25. The molecule has 0 aromatic rings. The number of carboxylic acid groups (broad SMARTS) is 1. The van der Waals surface area contributed by atoms with Crippen LogP contribution in [0.15, 0.2) is 0 Å². The van der Waals surface area contributed by atoms with E-state index in [2.05, 4.69) is 12.2 Å². The Balaban J connectivity index is 2.02. The van der Waals surface area contributed by atoms with Gasteiger partial charge in [-0.1, -0.05) is 19.3 Å². The Morgan fingerprint density at radius 2 is 2.00 bits per heavy atom. The van der Waals surface area contributed by atoms with Gasteiger partial charge in [-0.25, -0.2) is 0 Å². The summed E-state index contributed by atoms with van der Waals surface area (Å²) in [5.41, 5.74) is 0. The molecule has 3 nitrogen and oxygen atoms in total. The molecule has 1 aliphatic carbocycles. The minimum absolute atomic E-state index is 0.0122. The van der Waals surface area contributed by atoms with E-state index in [0.717, 1.165) is 12.2 Å². The van der Waals surface area contributed by atoms with Crippen LogP contribution in [0.5, 0.6) is 0 Å². The van der Waals surface area contributed by atoms with Crippen molar-refractivity contribution in [3.63, 3.8) is 0 Å². The van der Waals surface area contributed by atoms with Crippen molar-refractivity contribution >= 4 is 17.7 Å². The molecule has 2 aliphatic rings. The molecule has 2 N–H and O–H groups in total. The summed E-state index contributed by atoms with van der Waals surface area (Å²) >= 11 is 1.92. The van der Waals surface area contributed by atoms with Crippen LogP contribution < -0.4 is 5.32 Å². The Bertz CT molecular complexity index is 266. The lowest BCUT2D eigenvalue weighted by Crippen LogP contribution is -2.56. The largest absolute Gasteiger partial charge is 0.480 e. The van der Waals surface area contributed by atoms with Crippen molar-refractivity contribution in [2.24, 2.45) is 5.92 Å². The molecule has 0 radical (unpaired) electrons. The molecule has 0 aromatic heterocycles. The van der Waals surface area contributed by atoms with Crippen LogP contribution in [0.25, 0.3) is 0 Å². The highest BCUT2D eigenvalue weighted by Crippen LogP contribution is 2.42. The van der Waals surface area contributed by atoms with Gasteiger partial charge < -0.3 is 5.11 Å². The quantitative estimate of drug-likeness (QED) is 0.782. The molecule has 92 valence electrons. The summed E-state index contributed by atoms with van der Waals surface area (Å²) in [5.74, 6) is 0.924. The fraction of sp³-hybridized carbons (Fsp3) is 0.917. The molecule has 0 amide bonds. The van der Waals surface area contributed by atoms with Crippen molar-refractivity contribution in [1.29, 1.82) is 0 Å². The maximum absolute atomic E-state index is 11.1. The van der Waals surface area contributed by atoms with E-state index < -0.39 is 5.97 Å². The van der Waals surface area contributed by atoms with Crippen molar-refractivity contribution in [1.82, 2.24) is 5.32 Å². The molecule has 4 heteroatoms. The summed E-state index contributed by atoms with van der Waals surface area (Å²) < 4.78 is 0. The Hall–Kier alpha value is -0.220.